The third-order valence-electron chi connectivity index (χ3n) is 13.7. The molecule has 9 atom stereocenters. The van der Waals surface area contributed by atoms with E-state index in [1.807, 2.05) is 59.6 Å². The summed E-state index contributed by atoms with van der Waals surface area (Å²) in [6, 6.07) is 5.33. The Bertz CT molecular complexity index is 1890. The minimum atomic E-state index is -3.88. The lowest BCUT2D eigenvalue weighted by molar-refractivity contribution is -0.148. The van der Waals surface area contributed by atoms with E-state index in [1.165, 1.54) is 14.2 Å². The Labute approximate surface area is 423 Å². The lowest BCUT2D eigenvalue weighted by atomic mass is 9.89. The minimum absolute atomic E-state index is 0.0588. The van der Waals surface area contributed by atoms with Gasteiger partial charge in [-0.1, -0.05) is 85.2 Å². The molecule has 0 radical (unpaired) electrons. The van der Waals surface area contributed by atoms with E-state index in [4.69, 9.17) is 29.6 Å². The zero-order valence-electron chi connectivity index (χ0n) is 44.3. The highest BCUT2D eigenvalue weighted by Crippen LogP contribution is 2.30. The standard InChI is InChI=1S/C50H87N7O13S/c1-12-35(6)45(56(9)50(62)43(33(2)3)53-49(61)44(34(4)5)55(8)23-24-67-25-26-68-27-28-69-29-30-70-51)41(65-10)32-42(58)57-22-16-19-40(57)46(66-11)36(7)47(59)52-39(31-37-17-14-13-15-18-37)48(60)54-71(63,64)38-20-21-38/h13-15,17-18,33-36,38-41,43-46H,12,16,19-32,51H2,1-11H3,(H,52,59)(H,53,61)(H,54,60)/t35-,36+,39-,40-,41+,43-,44?,45-,46+/m0/s1. The second-order valence-corrected chi connectivity index (χ2v) is 21.6. The monoisotopic (exact) mass is 1030 g/mol. The maximum atomic E-state index is 14.6. The Morgan fingerprint density at radius 2 is 1.39 bits per heavy atom. The van der Waals surface area contributed by atoms with Gasteiger partial charge >= 0.3 is 0 Å². The number of amides is 5. The summed E-state index contributed by atoms with van der Waals surface area (Å²) in [5.74, 6) is 1.49. The van der Waals surface area contributed by atoms with Crippen LogP contribution in [0, 0.1) is 23.7 Å². The van der Waals surface area contributed by atoms with Gasteiger partial charge in [-0.05, 0) is 56.0 Å². The molecule has 2 fully saturated rings. The molecule has 5 N–H and O–H groups in total. The summed E-state index contributed by atoms with van der Waals surface area (Å²) in [4.78, 5) is 80.4. The van der Waals surface area contributed by atoms with Crippen LogP contribution in [0.15, 0.2) is 30.3 Å². The van der Waals surface area contributed by atoms with E-state index < -0.39 is 75.4 Å². The molecule has 1 aliphatic heterocycles. The molecule has 0 bridgehead atoms. The summed E-state index contributed by atoms with van der Waals surface area (Å²) in [6.45, 7) is 16.9. The van der Waals surface area contributed by atoms with Gasteiger partial charge < -0.3 is 49.0 Å². The summed E-state index contributed by atoms with van der Waals surface area (Å²) in [6.07, 6.45) is 1.30. The van der Waals surface area contributed by atoms with Gasteiger partial charge in [0.15, 0.2) is 0 Å². The summed E-state index contributed by atoms with van der Waals surface area (Å²) in [7, 11) is 2.67. The first-order valence-electron chi connectivity index (χ1n) is 25.3. The Kier molecular flexibility index (Phi) is 26.9. The van der Waals surface area contributed by atoms with E-state index in [1.54, 1.807) is 48.0 Å². The van der Waals surface area contributed by atoms with Crippen molar-refractivity contribution >= 4 is 39.6 Å². The normalized spacial score (nSPS) is 18.6. The van der Waals surface area contributed by atoms with Crippen LogP contribution in [0.25, 0.3) is 0 Å². The van der Waals surface area contributed by atoms with Crippen LogP contribution in [0.5, 0.6) is 0 Å². The zero-order chi connectivity index (χ0) is 52.8. The fraction of sp³-hybridized carbons (Fsp3) is 0.780. The van der Waals surface area contributed by atoms with Crippen LogP contribution >= 0.6 is 0 Å². The number of likely N-dealkylation sites (N-methyl/N-ethyl adjacent to an activating group) is 2. The molecule has 1 saturated heterocycles. The second kappa shape index (κ2) is 31.1. The van der Waals surface area contributed by atoms with Gasteiger partial charge in [-0.25, -0.2) is 14.3 Å². The molecule has 20 nitrogen and oxygen atoms in total. The third-order valence-corrected chi connectivity index (χ3v) is 15.5. The Balaban J connectivity index is 1.70. The number of rotatable bonds is 35. The fourth-order valence-electron chi connectivity index (χ4n) is 9.32. The number of hydrogen-bond donors (Lipinski definition) is 4. The van der Waals surface area contributed by atoms with Gasteiger partial charge in [0.05, 0.1) is 94.2 Å². The molecule has 3 rings (SSSR count). The van der Waals surface area contributed by atoms with Gasteiger partial charge in [-0.15, -0.1) is 0 Å². The average molecular weight is 1030 g/mol. The van der Waals surface area contributed by atoms with Gasteiger partial charge in [-0.3, -0.25) is 33.6 Å². The van der Waals surface area contributed by atoms with Gasteiger partial charge in [0.1, 0.15) is 12.1 Å². The number of nitrogens with one attached hydrogen (secondary N) is 3. The van der Waals surface area contributed by atoms with Crippen molar-refractivity contribution in [1.29, 1.82) is 0 Å². The number of likely N-dealkylation sites (tertiary alicyclic amines) is 1. The third kappa shape index (κ3) is 19.2. The largest absolute Gasteiger partial charge is 0.379 e. The zero-order valence-corrected chi connectivity index (χ0v) is 45.1. The number of hydrogen-bond acceptors (Lipinski definition) is 15. The van der Waals surface area contributed by atoms with E-state index in [9.17, 15) is 32.4 Å². The molecule has 406 valence electrons. The molecule has 2 aliphatic rings. The SMILES string of the molecule is CC[C@H](C)[C@@H]([C@@H](CC(=O)N1CCC[C@H]1[C@H](OC)[C@@H](C)C(=O)N[C@@H](Cc1ccccc1)C(=O)NS(=O)(=O)C1CC1)OC)N(C)C(=O)[C@@H](NC(=O)C(C(C)C)N(C)CCOCCOCCOCCON)C(C)C. The number of sulfonamides is 1. The van der Waals surface area contributed by atoms with Gasteiger partial charge in [-0.2, -0.15) is 0 Å². The minimum Gasteiger partial charge on any atom is -0.379 e. The summed E-state index contributed by atoms with van der Waals surface area (Å²) < 4.78 is 56.4. The molecule has 0 aromatic heterocycles. The first-order chi connectivity index (χ1) is 33.7. The van der Waals surface area contributed by atoms with E-state index >= 15 is 0 Å². The molecule has 71 heavy (non-hydrogen) atoms. The van der Waals surface area contributed by atoms with Crippen LogP contribution in [-0.2, 0) is 68.9 Å². The topological polar surface area (TPSA) is 247 Å². The van der Waals surface area contributed by atoms with Crippen molar-refractivity contribution in [1.82, 2.24) is 30.1 Å². The van der Waals surface area contributed by atoms with Crippen LogP contribution in [-0.4, -0.2) is 188 Å². The van der Waals surface area contributed by atoms with Crippen molar-refractivity contribution in [3.8, 4) is 0 Å². The van der Waals surface area contributed by atoms with Gasteiger partial charge in [0, 0.05) is 40.8 Å². The Morgan fingerprint density at radius 1 is 0.789 bits per heavy atom. The summed E-state index contributed by atoms with van der Waals surface area (Å²) >= 11 is 0. The summed E-state index contributed by atoms with van der Waals surface area (Å²) in [5, 5.41) is 5.24. The predicted octanol–water partition coefficient (Wildman–Crippen LogP) is 2.28. The van der Waals surface area contributed by atoms with Crippen LogP contribution in [0.2, 0.25) is 0 Å². The number of carbonyl (C=O) groups is 5. The molecule has 0 spiro atoms. The van der Waals surface area contributed by atoms with Crippen LogP contribution < -0.4 is 21.3 Å². The average Bonchev–Trinajstić information content (AvgIpc) is 4.10. The molecule has 1 aromatic rings. The first-order valence-corrected chi connectivity index (χ1v) is 26.9. The molecule has 1 aromatic carbocycles. The molecule has 5 amide bonds. The quantitative estimate of drug-likeness (QED) is 0.0563. The number of nitrogens with two attached hydrogens (primary N) is 1. The number of methoxy groups -OCH3 is 2. The van der Waals surface area contributed by atoms with Crippen molar-refractivity contribution in [3.05, 3.63) is 35.9 Å². The molecular weight excluding hydrogens is 939 g/mol. The molecular formula is C50H87N7O13S. The maximum absolute atomic E-state index is 14.6. The van der Waals surface area contributed by atoms with Crippen molar-refractivity contribution in [2.75, 3.05) is 87.7 Å². The van der Waals surface area contributed by atoms with E-state index in [0.717, 1.165) is 5.56 Å². The van der Waals surface area contributed by atoms with Crippen molar-refractivity contribution in [3.63, 3.8) is 0 Å². The Morgan fingerprint density at radius 3 is 1.93 bits per heavy atom. The number of nitrogens with zero attached hydrogens (tertiary/aromatic N) is 3. The smallest absolute Gasteiger partial charge is 0.256 e. The predicted molar refractivity (Wildman–Crippen MR) is 269 cm³/mol. The van der Waals surface area contributed by atoms with Crippen molar-refractivity contribution < 1.29 is 60.9 Å². The highest BCUT2D eigenvalue weighted by molar-refractivity contribution is 7.90. The molecule has 21 heteroatoms. The number of carbonyl (C=O) groups excluding carboxylic acids is 5. The maximum Gasteiger partial charge on any atom is 0.256 e. The van der Waals surface area contributed by atoms with Crippen LogP contribution in [0.4, 0.5) is 0 Å². The van der Waals surface area contributed by atoms with E-state index in [-0.39, 0.29) is 48.3 Å². The van der Waals surface area contributed by atoms with Crippen molar-refractivity contribution in [2.45, 2.75) is 141 Å². The van der Waals surface area contributed by atoms with E-state index in [2.05, 4.69) is 20.2 Å². The highest BCUT2D eigenvalue weighted by Gasteiger charge is 2.44. The molecule has 1 saturated carbocycles. The lowest BCUT2D eigenvalue weighted by Gasteiger charge is -2.41. The lowest BCUT2D eigenvalue weighted by Crippen LogP contribution is -2.60. The number of ether oxygens (including phenoxy) is 5. The summed E-state index contributed by atoms with van der Waals surface area (Å²) in [5.41, 5.74) is 0.731. The first kappa shape index (κ1) is 61.5. The Hall–Kier alpha value is -3.80. The van der Waals surface area contributed by atoms with Gasteiger partial charge in [0.2, 0.25) is 33.7 Å². The molecule has 1 aliphatic carbocycles. The van der Waals surface area contributed by atoms with Gasteiger partial charge in [0.25, 0.3) is 5.91 Å². The van der Waals surface area contributed by atoms with Crippen molar-refractivity contribution in [2.24, 2.45) is 29.6 Å². The molecule has 1 unspecified atom stereocenters. The highest BCUT2D eigenvalue weighted by atomic mass is 32.2. The van der Waals surface area contributed by atoms with E-state index in [0.29, 0.717) is 91.4 Å². The second-order valence-electron chi connectivity index (χ2n) is 19.7. The van der Waals surface area contributed by atoms with Crippen LogP contribution in [0.1, 0.15) is 92.6 Å². The fourth-order valence-corrected chi connectivity index (χ4v) is 10.7. The number of benzene rings is 1. The molecule has 1 heterocycles. The van der Waals surface area contributed by atoms with Crippen LogP contribution in [0.3, 0.4) is 0 Å².